The molecule has 0 saturated heterocycles. The van der Waals surface area contributed by atoms with E-state index in [1.807, 2.05) is 0 Å². The number of thiazole rings is 1. The first-order valence-electron chi connectivity index (χ1n) is 7.88. The predicted octanol–water partition coefficient (Wildman–Crippen LogP) is 2.85. The summed E-state index contributed by atoms with van der Waals surface area (Å²) in [5.41, 5.74) is 3.96. The zero-order valence-corrected chi connectivity index (χ0v) is 15.9. The normalized spacial score (nSPS) is 10.5. The van der Waals surface area contributed by atoms with Crippen molar-refractivity contribution in [3.63, 3.8) is 0 Å². The molecule has 0 saturated carbocycles. The number of nitrogens with one attached hydrogen (secondary N) is 1. The number of carbonyl (C=O) groups excluding carboxylic acids is 2. The van der Waals surface area contributed by atoms with Crippen LogP contribution in [0.2, 0.25) is 0 Å². The van der Waals surface area contributed by atoms with Crippen molar-refractivity contribution in [3.05, 3.63) is 34.8 Å². The summed E-state index contributed by atoms with van der Waals surface area (Å²) in [5.74, 6) is 0.500. The lowest BCUT2D eigenvalue weighted by molar-refractivity contribution is -0.142. The minimum absolute atomic E-state index is 0.108. The Morgan fingerprint density at radius 2 is 2.15 bits per heavy atom. The summed E-state index contributed by atoms with van der Waals surface area (Å²) in [4.78, 5) is 26.9. The Hall–Kier alpha value is -3.14. The summed E-state index contributed by atoms with van der Waals surface area (Å²) in [7, 11) is 2.74. The van der Waals surface area contributed by atoms with Crippen molar-refractivity contribution in [2.75, 3.05) is 26.3 Å². The number of methoxy groups -OCH3 is 2. The van der Waals surface area contributed by atoms with Gasteiger partial charge in [0.15, 0.2) is 0 Å². The minimum Gasteiger partial charge on any atom is -0.496 e. The number of hydrogen-bond acceptors (Lipinski definition) is 10. The maximum absolute atomic E-state index is 11.5. The second kappa shape index (κ2) is 10.1. The summed E-state index contributed by atoms with van der Waals surface area (Å²) in [6.07, 6.45) is 0.782. The highest BCUT2D eigenvalue weighted by Gasteiger charge is 2.09. The van der Waals surface area contributed by atoms with Crippen molar-refractivity contribution in [1.82, 2.24) is 4.98 Å². The molecule has 144 valence electrons. The van der Waals surface area contributed by atoms with E-state index in [2.05, 4.69) is 20.2 Å². The quantitative estimate of drug-likeness (QED) is 0.316. The van der Waals surface area contributed by atoms with Crippen LogP contribution < -0.4 is 14.9 Å². The van der Waals surface area contributed by atoms with E-state index in [4.69, 9.17) is 14.2 Å². The molecule has 0 fully saturated rings. The van der Waals surface area contributed by atoms with Crippen molar-refractivity contribution >= 4 is 34.8 Å². The van der Waals surface area contributed by atoms with E-state index in [0.29, 0.717) is 28.7 Å². The summed E-state index contributed by atoms with van der Waals surface area (Å²) in [6, 6.07) is 4.79. The Bertz CT molecular complexity index is 821. The molecule has 0 spiro atoms. The maximum Gasteiger partial charge on any atom is 0.513 e. The summed E-state index contributed by atoms with van der Waals surface area (Å²) >= 11 is 1.31. The molecule has 0 aliphatic heterocycles. The monoisotopic (exact) mass is 393 g/mol. The Morgan fingerprint density at radius 1 is 1.33 bits per heavy atom. The number of ether oxygens (including phenoxy) is 4. The number of hydrogen-bond donors (Lipinski definition) is 1. The molecule has 1 aromatic heterocycles. The third-order valence-corrected chi connectivity index (χ3v) is 3.91. The lowest BCUT2D eigenvalue weighted by Crippen LogP contribution is -2.07. The Kier molecular flexibility index (Phi) is 7.56. The van der Waals surface area contributed by atoms with Crippen LogP contribution in [0.15, 0.2) is 28.7 Å². The molecule has 2 rings (SSSR count). The molecule has 0 aliphatic rings. The van der Waals surface area contributed by atoms with E-state index in [-0.39, 0.29) is 18.1 Å². The van der Waals surface area contributed by atoms with E-state index in [9.17, 15) is 9.59 Å². The number of aromatic nitrogens is 1. The first kappa shape index (κ1) is 20.2. The zero-order valence-electron chi connectivity index (χ0n) is 15.1. The molecule has 10 heteroatoms. The van der Waals surface area contributed by atoms with Crippen molar-refractivity contribution in [2.45, 2.75) is 13.3 Å². The van der Waals surface area contributed by atoms with E-state index in [0.717, 1.165) is 0 Å². The van der Waals surface area contributed by atoms with Gasteiger partial charge in [-0.3, -0.25) is 10.2 Å². The lowest BCUT2D eigenvalue weighted by Gasteiger charge is -2.07. The van der Waals surface area contributed by atoms with Crippen LogP contribution in [0.1, 0.15) is 18.2 Å². The smallest absolute Gasteiger partial charge is 0.496 e. The predicted molar refractivity (Wildman–Crippen MR) is 99.7 cm³/mol. The second-order valence-electron chi connectivity index (χ2n) is 4.96. The number of anilines is 1. The lowest BCUT2D eigenvalue weighted by atomic mass is 10.2. The Labute approximate surface area is 159 Å². The van der Waals surface area contributed by atoms with Crippen LogP contribution in [0.3, 0.4) is 0 Å². The highest BCUT2D eigenvalue weighted by atomic mass is 32.1. The van der Waals surface area contributed by atoms with Crippen LogP contribution in [-0.2, 0) is 20.7 Å². The van der Waals surface area contributed by atoms with Gasteiger partial charge in [0.1, 0.15) is 11.5 Å². The first-order valence-corrected chi connectivity index (χ1v) is 8.76. The molecule has 0 amide bonds. The van der Waals surface area contributed by atoms with E-state index in [1.165, 1.54) is 31.8 Å². The molecule has 0 radical (unpaired) electrons. The van der Waals surface area contributed by atoms with Gasteiger partial charge >= 0.3 is 12.1 Å². The highest BCUT2D eigenvalue weighted by Crippen LogP contribution is 2.23. The molecule has 1 aromatic carbocycles. The van der Waals surface area contributed by atoms with E-state index >= 15 is 0 Å². The molecule has 2 aromatic rings. The van der Waals surface area contributed by atoms with Gasteiger partial charge in [0.2, 0.25) is 5.13 Å². The number of nitrogens with zero attached hydrogens (tertiary/aromatic N) is 2. The molecule has 0 unspecified atom stereocenters. The van der Waals surface area contributed by atoms with E-state index < -0.39 is 6.16 Å². The standard InChI is InChI=1S/C17H19N3O6S/c1-4-25-15(21)8-12-10-27-16(19-12)20-18-9-11-7-13(26-17(22)24-3)5-6-14(11)23-2/h5-7,9-10H,4,8H2,1-3H3,(H,19,20). The molecular formula is C17H19N3O6S. The van der Waals surface area contributed by atoms with Gasteiger partial charge in [-0.05, 0) is 25.1 Å². The van der Waals surface area contributed by atoms with Crippen LogP contribution >= 0.6 is 11.3 Å². The van der Waals surface area contributed by atoms with Crippen molar-refractivity contribution in [2.24, 2.45) is 5.10 Å². The van der Waals surface area contributed by atoms with Gasteiger partial charge in [-0.2, -0.15) is 5.10 Å². The number of hydrazone groups is 1. The Balaban J connectivity index is 2.02. The number of benzene rings is 1. The molecule has 27 heavy (non-hydrogen) atoms. The van der Waals surface area contributed by atoms with Crippen LogP contribution in [0.25, 0.3) is 0 Å². The van der Waals surface area contributed by atoms with E-state index in [1.54, 1.807) is 30.5 Å². The molecule has 0 bridgehead atoms. The van der Waals surface area contributed by atoms with Gasteiger partial charge in [-0.25, -0.2) is 9.78 Å². The molecule has 1 heterocycles. The van der Waals surface area contributed by atoms with Crippen LogP contribution in [0.4, 0.5) is 9.93 Å². The zero-order chi connectivity index (χ0) is 19.6. The fourth-order valence-corrected chi connectivity index (χ4v) is 2.63. The molecular weight excluding hydrogens is 374 g/mol. The first-order chi connectivity index (χ1) is 13.0. The average Bonchev–Trinajstić information content (AvgIpc) is 3.09. The fraction of sp³-hybridized carbons (Fsp3) is 0.294. The third kappa shape index (κ3) is 6.26. The third-order valence-electron chi connectivity index (χ3n) is 3.12. The van der Waals surface area contributed by atoms with Gasteiger partial charge in [0.25, 0.3) is 0 Å². The maximum atomic E-state index is 11.5. The largest absolute Gasteiger partial charge is 0.513 e. The second-order valence-corrected chi connectivity index (χ2v) is 5.81. The van der Waals surface area contributed by atoms with Crippen molar-refractivity contribution < 1.29 is 28.5 Å². The van der Waals surface area contributed by atoms with Gasteiger partial charge < -0.3 is 18.9 Å². The summed E-state index contributed by atoms with van der Waals surface area (Å²) < 4.78 is 19.6. The topological polar surface area (TPSA) is 108 Å². The molecule has 9 nitrogen and oxygen atoms in total. The van der Waals surface area contributed by atoms with Crippen LogP contribution in [0, 0.1) is 0 Å². The number of rotatable bonds is 8. The summed E-state index contributed by atoms with van der Waals surface area (Å²) in [5, 5.41) is 6.36. The average molecular weight is 393 g/mol. The number of carbonyl (C=O) groups is 2. The SMILES string of the molecule is CCOC(=O)Cc1csc(NN=Cc2cc(OC(=O)OC)ccc2OC)n1. The summed E-state index contributed by atoms with van der Waals surface area (Å²) in [6.45, 7) is 2.08. The van der Waals surface area contributed by atoms with Gasteiger partial charge in [0.05, 0.1) is 39.2 Å². The minimum atomic E-state index is -0.821. The van der Waals surface area contributed by atoms with Gasteiger partial charge in [-0.1, -0.05) is 0 Å². The fourth-order valence-electron chi connectivity index (χ4n) is 1.97. The Morgan fingerprint density at radius 3 is 2.85 bits per heavy atom. The molecule has 1 N–H and O–H groups in total. The van der Waals surface area contributed by atoms with Gasteiger partial charge in [-0.15, -0.1) is 11.3 Å². The number of esters is 1. The van der Waals surface area contributed by atoms with Crippen LogP contribution in [-0.4, -0.2) is 44.1 Å². The van der Waals surface area contributed by atoms with Gasteiger partial charge in [0, 0.05) is 10.9 Å². The van der Waals surface area contributed by atoms with Crippen molar-refractivity contribution in [1.29, 1.82) is 0 Å². The van der Waals surface area contributed by atoms with Crippen molar-refractivity contribution in [3.8, 4) is 11.5 Å². The highest BCUT2D eigenvalue weighted by molar-refractivity contribution is 7.13. The molecule has 0 atom stereocenters. The van der Waals surface area contributed by atoms with Crippen LogP contribution in [0.5, 0.6) is 11.5 Å². The molecule has 0 aliphatic carbocycles.